The third kappa shape index (κ3) is 3.02. The van der Waals surface area contributed by atoms with Gasteiger partial charge in [-0.15, -0.1) is 0 Å². The van der Waals surface area contributed by atoms with Gasteiger partial charge in [0.15, 0.2) is 0 Å². The van der Waals surface area contributed by atoms with Crippen molar-refractivity contribution in [2.45, 2.75) is 26.4 Å². The molecule has 0 bridgehead atoms. The van der Waals surface area contributed by atoms with Gasteiger partial charge in [-0.1, -0.05) is 13.8 Å². The second-order valence-electron chi connectivity index (χ2n) is 5.67. The number of anilines is 1. The van der Waals surface area contributed by atoms with Crippen LogP contribution in [0.2, 0.25) is 0 Å². The number of hydrogen-bond donors (Lipinski definition) is 2. The lowest BCUT2D eigenvalue weighted by atomic mass is 10.1. The number of nitrogens with one attached hydrogen (secondary N) is 1. The maximum absolute atomic E-state index is 12.6. The highest BCUT2D eigenvalue weighted by molar-refractivity contribution is 5.93. The molecule has 0 aliphatic heterocycles. The molecule has 1 atom stereocenters. The van der Waals surface area contributed by atoms with Crippen molar-refractivity contribution in [3.8, 4) is 0 Å². The van der Waals surface area contributed by atoms with Crippen LogP contribution < -0.4 is 5.32 Å². The van der Waals surface area contributed by atoms with Crippen molar-refractivity contribution in [3.05, 3.63) is 23.4 Å². The van der Waals surface area contributed by atoms with Crippen LogP contribution in [0.1, 0.15) is 36.3 Å². The van der Waals surface area contributed by atoms with E-state index in [4.69, 9.17) is 5.11 Å². The van der Waals surface area contributed by atoms with E-state index in [1.54, 1.807) is 0 Å². The van der Waals surface area contributed by atoms with E-state index < -0.39 is 17.8 Å². The predicted octanol–water partition coefficient (Wildman–Crippen LogP) is 3.26. The number of carboxylic acid groups (broad SMARTS) is 1. The second-order valence-corrected chi connectivity index (χ2v) is 5.67. The van der Waals surface area contributed by atoms with Crippen LogP contribution in [0, 0.1) is 11.3 Å². The molecule has 20 heavy (non-hydrogen) atoms. The number of pyridine rings is 1. The van der Waals surface area contributed by atoms with Gasteiger partial charge in [-0.2, -0.15) is 13.2 Å². The Morgan fingerprint density at radius 2 is 2.10 bits per heavy atom. The molecule has 0 aromatic carbocycles. The van der Waals surface area contributed by atoms with E-state index in [2.05, 4.69) is 24.1 Å². The van der Waals surface area contributed by atoms with E-state index in [0.717, 1.165) is 12.5 Å². The molecule has 1 aliphatic rings. The van der Waals surface area contributed by atoms with E-state index >= 15 is 0 Å². The molecule has 0 amide bonds. The molecule has 0 spiro atoms. The molecule has 4 nitrogen and oxygen atoms in total. The molecule has 1 unspecified atom stereocenters. The molecule has 1 fully saturated rings. The number of hydrogen-bond acceptors (Lipinski definition) is 3. The van der Waals surface area contributed by atoms with E-state index in [1.807, 2.05) is 0 Å². The topological polar surface area (TPSA) is 62.2 Å². The summed E-state index contributed by atoms with van der Waals surface area (Å²) >= 11 is 0. The molecule has 0 saturated heterocycles. The zero-order valence-corrected chi connectivity index (χ0v) is 11.1. The molecule has 1 aromatic heterocycles. The Bertz CT molecular complexity index is 541. The first kappa shape index (κ1) is 14.6. The van der Waals surface area contributed by atoms with Crippen LogP contribution in [-0.4, -0.2) is 22.6 Å². The zero-order valence-electron chi connectivity index (χ0n) is 11.1. The Morgan fingerprint density at radius 3 is 2.55 bits per heavy atom. The number of aromatic nitrogens is 1. The quantitative estimate of drug-likeness (QED) is 0.892. The van der Waals surface area contributed by atoms with Crippen molar-refractivity contribution in [1.82, 2.24) is 4.98 Å². The Kier molecular flexibility index (Phi) is 3.39. The number of aromatic carboxylic acids is 1. The molecule has 1 saturated carbocycles. The van der Waals surface area contributed by atoms with Crippen LogP contribution in [0.15, 0.2) is 12.1 Å². The highest BCUT2D eigenvalue weighted by atomic mass is 19.4. The van der Waals surface area contributed by atoms with Crippen molar-refractivity contribution in [2.24, 2.45) is 11.3 Å². The van der Waals surface area contributed by atoms with Gasteiger partial charge in [-0.3, -0.25) is 0 Å². The second kappa shape index (κ2) is 4.64. The lowest BCUT2D eigenvalue weighted by molar-refractivity contribution is -0.141. The van der Waals surface area contributed by atoms with Crippen LogP contribution in [-0.2, 0) is 6.18 Å². The van der Waals surface area contributed by atoms with E-state index in [-0.39, 0.29) is 16.8 Å². The van der Waals surface area contributed by atoms with Crippen LogP contribution >= 0.6 is 0 Å². The normalized spacial score (nSPS) is 20.6. The van der Waals surface area contributed by atoms with Gasteiger partial charge >= 0.3 is 12.1 Å². The molecular weight excluding hydrogens is 273 g/mol. The molecule has 2 rings (SSSR count). The van der Waals surface area contributed by atoms with Crippen LogP contribution in [0.3, 0.4) is 0 Å². The molecule has 7 heteroatoms. The minimum Gasteiger partial charge on any atom is -0.478 e. The summed E-state index contributed by atoms with van der Waals surface area (Å²) in [6, 6.07) is 1.61. The standard InChI is InChI=1S/C13H15F3N2O2/c1-12(2)5-7(12)6-17-10-8(11(19)20)3-4-9(18-10)13(14,15)16/h3-4,7H,5-6H2,1-2H3,(H,17,18)(H,19,20). The number of nitrogens with zero attached hydrogens (tertiary/aromatic N) is 1. The molecule has 1 heterocycles. The van der Waals surface area contributed by atoms with Gasteiger partial charge in [0.2, 0.25) is 0 Å². The average molecular weight is 288 g/mol. The average Bonchev–Trinajstić information content (AvgIpc) is 2.92. The SMILES string of the molecule is CC1(C)CC1CNc1nc(C(F)(F)F)ccc1C(=O)O. The number of halogens is 3. The van der Waals surface area contributed by atoms with E-state index in [1.165, 1.54) is 0 Å². The van der Waals surface area contributed by atoms with Gasteiger partial charge in [0, 0.05) is 6.54 Å². The number of alkyl halides is 3. The Balaban J connectivity index is 2.21. The van der Waals surface area contributed by atoms with Gasteiger partial charge in [0.05, 0.1) is 0 Å². The fourth-order valence-electron chi connectivity index (χ4n) is 2.07. The first-order valence-electron chi connectivity index (χ1n) is 6.16. The van der Waals surface area contributed by atoms with Gasteiger partial charge < -0.3 is 10.4 Å². The minimum absolute atomic E-state index is 0.151. The summed E-state index contributed by atoms with van der Waals surface area (Å²) in [4.78, 5) is 14.4. The highest BCUT2D eigenvalue weighted by Crippen LogP contribution is 2.51. The smallest absolute Gasteiger partial charge is 0.433 e. The maximum Gasteiger partial charge on any atom is 0.433 e. The van der Waals surface area contributed by atoms with Crippen molar-refractivity contribution in [2.75, 3.05) is 11.9 Å². The zero-order chi connectivity index (χ0) is 15.1. The summed E-state index contributed by atoms with van der Waals surface area (Å²) in [7, 11) is 0. The van der Waals surface area contributed by atoms with Gasteiger partial charge in [0.1, 0.15) is 17.1 Å². The maximum atomic E-state index is 12.6. The van der Waals surface area contributed by atoms with E-state index in [9.17, 15) is 18.0 Å². The van der Waals surface area contributed by atoms with Gasteiger partial charge in [-0.25, -0.2) is 9.78 Å². The first-order chi connectivity index (χ1) is 9.11. The third-order valence-electron chi connectivity index (χ3n) is 3.65. The molecular formula is C13H15F3N2O2. The van der Waals surface area contributed by atoms with Gasteiger partial charge in [0.25, 0.3) is 0 Å². The van der Waals surface area contributed by atoms with E-state index in [0.29, 0.717) is 18.5 Å². The lowest BCUT2D eigenvalue weighted by Gasteiger charge is -2.12. The van der Waals surface area contributed by atoms with Crippen molar-refractivity contribution in [1.29, 1.82) is 0 Å². The molecule has 2 N–H and O–H groups in total. The summed E-state index contributed by atoms with van der Waals surface area (Å²) in [6.07, 6.45) is -3.63. The predicted molar refractivity (Wildman–Crippen MR) is 66.6 cm³/mol. The summed E-state index contributed by atoms with van der Waals surface area (Å²) in [5.41, 5.74) is -1.20. The van der Waals surface area contributed by atoms with Crippen LogP contribution in [0.4, 0.5) is 19.0 Å². The Morgan fingerprint density at radius 1 is 1.50 bits per heavy atom. The summed E-state index contributed by atoms with van der Waals surface area (Å²) in [5.74, 6) is -1.21. The number of carboxylic acids is 1. The first-order valence-corrected chi connectivity index (χ1v) is 6.16. The van der Waals surface area contributed by atoms with Crippen molar-refractivity contribution < 1.29 is 23.1 Å². The van der Waals surface area contributed by atoms with Gasteiger partial charge in [-0.05, 0) is 29.9 Å². The fourth-order valence-corrected chi connectivity index (χ4v) is 2.07. The van der Waals surface area contributed by atoms with Crippen LogP contribution in [0.25, 0.3) is 0 Å². The summed E-state index contributed by atoms with van der Waals surface area (Å²) in [6.45, 7) is 4.52. The number of carbonyl (C=O) groups is 1. The Labute approximate surface area is 114 Å². The van der Waals surface area contributed by atoms with Crippen LogP contribution in [0.5, 0.6) is 0 Å². The fraction of sp³-hybridized carbons (Fsp3) is 0.538. The highest BCUT2D eigenvalue weighted by Gasteiger charge is 2.45. The van der Waals surface area contributed by atoms with Crippen molar-refractivity contribution >= 4 is 11.8 Å². The monoisotopic (exact) mass is 288 g/mol. The Hall–Kier alpha value is -1.79. The minimum atomic E-state index is -4.59. The summed E-state index contributed by atoms with van der Waals surface area (Å²) < 4.78 is 37.8. The summed E-state index contributed by atoms with van der Waals surface area (Å²) in [5, 5.41) is 11.7. The molecule has 110 valence electrons. The molecule has 1 aromatic rings. The third-order valence-corrected chi connectivity index (χ3v) is 3.65. The molecule has 1 aliphatic carbocycles. The lowest BCUT2D eigenvalue weighted by Crippen LogP contribution is -2.16. The molecule has 0 radical (unpaired) electrons. The number of rotatable bonds is 4. The van der Waals surface area contributed by atoms with Crippen molar-refractivity contribution in [3.63, 3.8) is 0 Å². The largest absolute Gasteiger partial charge is 0.478 e.